The molecule has 1 aliphatic heterocycles. The monoisotopic (exact) mass is 200 g/mol. The summed E-state index contributed by atoms with van der Waals surface area (Å²) < 4.78 is 35.9. The van der Waals surface area contributed by atoms with Gasteiger partial charge in [-0.3, -0.25) is 0 Å². The number of allylic oxidation sites excluding steroid dienone is 1. The molecule has 2 nitrogen and oxygen atoms in total. The van der Waals surface area contributed by atoms with Crippen LogP contribution in [0.4, 0.5) is 13.2 Å². The van der Waals surface area contributed by atoms with Crippen LogP contribution < -0.4 is 0 Å². The van der Waals surface area contributed by atoms with E-state index in [1.54, 1.807) is 0 Å². The first kappa shape index (κ1) is 9.88. The Balaban J connectivity index is 2.75. The lowest BCUT2D eigenvalue weighted by atomic mass is 10.2. The molecule has 2 N–H and O–H groups in total. The lowest BCUT2D eigenvalue weighted by Gasteiger charge is -2.22. The first-order chi connectivity index (χ1) is 5.41. The van der Waals surface area contributed by atoms with Gasteiger partial charge in [-0.05, 0) is 6.08 Å². The van der Waals surface area contributed by atoms with Gasteiger partial charge in [0.25, 0.3) is 0 Å². The van der Waals surface area contributed by atoms with Crippen molar-refractivity contribution in [1.82, 2.24) is 0 Å². The van der Waals surface area contributed by atoms with Gasteiger partial charge in [0.1, 0.15) is 6.10 Å². The van der Waals surface area contributed by atoms with Gasteiger partial charge in [-0.15, -0.1) is 11.8 Å². The molecule has 0 saturated heterocycles. The molecule has 0 aromatic rings. The fraction of sp³-hybridized carbons (Fsp3) is 0.667. The molecule has 0 aromatic carbocycles. The highest BCUT2D eigenvalue weighted by atomic mass is 32.2. The van der Waals surface area contributed by atoms with Gasteiger partial charge in [0.2, 0.25) is 0 Å². The van der Waals surface area contributed by atoms with E-state index in [-0.39, 0.29) is 5.75 Å². The van der Waals surface area contributed by atoms with E-state index in [0.717, 1.165) is 0 Å². The predicted molar refractivity (Wildman–Crippen MR) is 38.6 cm³/mol. The number of halogens is 3. The maximum atomic E-state index is 12.0. The molecule has 1 rings (SSSR count). The highest BCUT2D eigenvalue weighted by molar-refractivity contribution is 8.03. The van der Waals surface area contributed by atoms with Gasteiger partial charge in [-0.1, -0.05) is 0 Å². The van der Waals surface area contributed by atoms with E-state index in [9.17, 15) is 13.2 Å². The standard InChI is InChI=1S/C6H7F3O2S/c7-6(8,9)5-1-3(10)4(11)2-12-5/h1,3-4,10-11H,2H2/t3-,4-/m1/s1. The van der Waals surface area contributed by atoms with Gasteiger partial charge in [-0.2, -0.15) is 13.2 Å². The van der Waals surface area contributed by atoms with Crippen LogP contribution in [0.1, 0.15) is 0 Å². The fourth-order valence-corrected chi connectivity index (χ4v) is 1.71. The Kier molecular flexibility index (Phi) is 2.70. The minimum absolute atomic E-state index is 0.119. The summed E-state index contributed by atoms with van der Waals surface area (Å²) in [6, 6.07) is 0. The van der Waals surface area contributed by atoms with E-state index >= 15 is 0 Å². The summed E-state index contributed by atoms with van der Waals surface area (Å²) in [7, 11) is 0. The summed E-state index contributed by atoms with van der Waals surface area (Å²) in [6.07, 6.45) is -6.27. The number of aliphatic hydroxyl groups excluding tert-OH is 2. The lowest BCUT2D eigenvalue weighted by molar-refractivity contribution is -0.0855. The zero-order chi connectivity index (χ0) is 9.35. The first-order valence-corrected chi connectivity index (χ1v) is 4.18. The maximum Gasteiger partial charge on any atom is 0.422 e. The molecule has 12 heavy (non-hydrogen) atoms. The third-order valence-electron chi connectivity index (χ3n) is 1.41. The van der Waals surface area contributed by atoms with Crippen LogP contribution >= 0.6 is 11.8 Å². The van der Waals surface area contributed by atoms with Crippen molar-refractivity contribution in [2.75, 3.05) is 5.75 Å². The molecule has 0 bridgehead atoms. The van der Waals surface area contributed by atoms with Crippen LogP contribution in [0.2, 0.25) is 0 Å². The summed E-state index contributed by atoms with van der Waals surface area (Å²) in [4.78, 5) is -0.833. The minimum atomic E-state index is -4.41. The van der Waals surface area contributed by atoms with E-state index in [2.05, 4.69) is 0 Å². The topological polar surface area (TPSA) is 40.5 Å². The van der Waals surface area contributed by atoms with Crippen molar-refractivity contribution in [3.63, 3.8) is 0 Å². The van der Waals surface area contributed by atoms with Gasteiger partial charge in [0.05, 0.1) is 11.0 Å². The number of hydrogen-bond donors (Lipinski definition) is 2. The van der Waals surface area contributed by atoms with Crippen LogP contribution in [-0.4, -0.2) is 34.4 Å². The summed E-state index contributed by atoms with van der Waals surface area (Å²) in [5, 5.41) is 17.8. The van der Waals surface area contributed by atoms with Crippen molar-refractivity contribution in [3.8, 4) is 0 Å². The van der Waals surface area contributed by atoms with Crippen molar-refractivity contribution >= 4 is 11.8 Å². The molecular weight excluding hydrogens is 193 g/mol. The molecule has 0 aromatic heterocycles. The molecule has 0 fully saturated rings. The molecule has 2 atom stereocenters. The Morgan fingerprint density at radius 3 is 2.42 bits per heavy atom. The molecule has 0 unspecified atom stereocenters. The number of aliphatic hydroxyl groups is 2. The van der Waals surface area contributed by atoms with Gasteiger partial charge in [0, 0.05) is 5.75 Å². The van der Waals surface area contributed by atoms with E-state index in [0.29, 0.717) is 17.8 Å². The Morgan fingerprint density at radius 1 is 1.42 bits per heavy atom. The van der Waals surface area contributed by atoms with E-state index in [4.69, 9.17) is 10.2 Å². The summed E-state index contributed by atoms with van der Waals surface area (Å²) in [5.41, 5.74) is 0. The molecule has 1 aliphatic rings. The van der Waals surface area contributed by atoms with E-state index in [1.807, 2.05) is 0 Å². The smallest absolute Gasteiger partial charge is 0.389 e. The highest BCUT2D eigenvalue weighted by Gasteiger charge is 2.38. The zero-order valence-electron chi connectivity index (χ0n) is 5.88. The lowest BCUT2D eigenvalue weighted by Crippen LogP contribution is -2.31. The second kappa shape index (κ2) is 3.27. The quantitative estimate of drug-likeness (QED) is 0.610. The Morgan fingerprint density at radius 2 is 2.00 bits per heavy atom. The molecule has 0 amide bonds. The SMILES string of the molecule is O[C@@H]1C=C(C(F)(F)F)SC[C@H]1O. The van der Waals surface area contributed by atoms with Crippen LogP contribution in [0, 0.1) is 0 Å². The van der Waals surface area contributed by atoms with Crippen molar-refractivity contribution in [2.24, 2.45) is 0 Å². The number of rotatable bonds is 0. The Hall–Kier alpha value is -0.200. The maximum absolute atomic E-state index is 12.0. The van der Waals surface area contributed by atoms with Gasteiger partial charge in [-0.25, -0.2) is 0 Å². The average molecular weight is 200 g/mol. The molecule has 70 valence electrons. The third kappa shape index (κ3) is 2.15. The third-order valence-corrected chi connectivity index (χ3v) is 2.59. The number of alkyl halides is 3. The van der Waals surface area contributed by atoms with Crippen molar-refractivity contribution in [2.45, 2.75) is 18.4 Å². The molecular formula is C6H7F3O2S. The zero-order valence-corrected chi connectivity index (χ0v) is 6.69. The van der Waals surface area contributed by atoms with Crippen molar-refractivity contribution in [1.29, 1.82) is 0 Å². The van der Waals surface area contributed by atoms with E-state index < -0.39 is 23.3 Å². The second-order valence-corrected chi connectivity index (χ2v) is 3.46. The normalized spacial score (nSPS) is 31.6. The second-order valence-electron chi connectivity index (χ2n) is 2.40. The van der Waals surface area contributed by atoms with E-state index in [1.165, 1.54) is 0 Å². The number of thioether (sulfide) groups is 1. The Labute approximate surface area is 71.1 Å². The molecule has 0 radical (unpaired) electrons. The van der Waals surface area contributed by atoms with Crippen LogP contribution in [0.3, 0.4) is 0 Å². The van der Waals surface area contributed by atoms with Gasteiger partial charge in [0.15, 0.2) is 0 Å². The van der Waals surface area contributed by atoms with Crippen LogP contribution in [0.25, 0.3) is 0 Å². The van der Waals surface area contributed by atoms with Gasteiger partial charge < -0.3 is 10.2 Å². The molecule has 1 heterocycles. The Bertz CT molecular complexity index is 201. The first-order valence-electron chi connectivity index (χ1n) is 3.19. The average Bonchev–Trinajstić information content (AvgIpc) is 1.92. The molecule has 6 heteroatoms. The summed E-state index contributed by atoms with van der Waals surface area (Å²) in [6.45, 7) is 0. The number of hydrogen-bond acceptors (Lipinski definition) is 3. The van der Waals surface area contributed by atoms with Crippen LogP contribution in [0.15, 0.2) is 11.0 Å². The molecule has 0 spiro atoms. The van der Waals surface area contributed by atoms with Gasteiger partial charge >= 0.3 is 6.18 Å². The largest absolute Gasteiger partial charge is 0.422 e. The fourth-order valence-electron chi connectivity index (χ4n) is 0.764. The minimum Gasteiger partial charge on any atom is -0.389 e. The molecule has 0 saturated carbocycles. The van der Waals surface area contributed by atoms with Crippen LogP contribution in [0.5, 0.6) is 0 Å². The molecule has 0 aliphatic carbocycles. The highest BCUT2D eigenvalue weighted by Crippen LogP contribution is 2.37. The van der Waals surface area contributed by atoms with Crippen molar-refractivity contribution in [3.05, 3.63) is 11.0 Å². The van der Waals surface area contributed by atoms with Crippen LogP contribution in [-0.2, 0) is 0 Å². The predicted octanol–water partition coefficient (Wildman–Crippen LogP) is 0.901. The van der Waals surface area contributed by atoms with Crippen molar-refractivity contribution < 1.29 is 23.4 Å². The summed E-state index contributed by atoms with van der Waals surface area (Å²) >= 11 is 0.508. The summed E-state index contributed by atoms with van der Waals surface area (Å²) in [5.74, 6) is -0.119.